The molecule has 0 aliphatic heterocycles. The van der Waals surface area contributed by atoms with Crippen LogP contribution in [0.15, 0.2) is 33.5 Å². The summed E-state index contributed by atoms with van der Waals surface area (Å²) in [5, 5.41) is 5.06. The smallest absolute Gasteiger partial charge is 0.262 e. The molecule has 0 atom stereocenters. The molecule has 4 nitrogen and oxygen atoms in total. The minimum atomic E-state index is 0.00901. The molecule has 7 heteroatoms. The Kier molecular flexibility index (Phi) is 6.15. The summed E-state index contributed by atoms with van der Waals surface area (Å²) in [6, 6.07) is 5.27. The van der Waals surface area contributed by atoms with Crippen LogP contribution in [-0.2, 0) is 12.3 Å². The van der Waals surface area contributed by atoms with E-state index in [9.17, 15) is 4.79 Å². The molecule has 25 heavy (non-hydrogen) atoms. The molecule has 0 spiro atoms. The number of rotatable bonds is 7. The van der Waals surface area contributed by atoms with Gasteiger partial charge in [0, 0.05) is 22.7 Å². The molecular formula is C18H20ClN3OS2. The summed E-state index contributed by atoms with van der Waals surface area (Å²) in [6.07, 6.45) is 3.19. The third-order valence-corrected chi connectivity index (χ3v) is 5.95. The molecule has 0 fully saturated rings. The van der Waals surface area contributed by atoms with Gasteiger partial charge in [0.2, 0.25) is 0 Å². The van der Waals surface area contributed by atoms with E-state index >= 15 is 0 Å². The second-order valence-electron chi connectivity index (χ2n) is 5.87. The Morgan fingerprint density at radius 3 is 2.84 bits per heavy atom. The largest absolute Gasteiger partial charge is 0.287 e. The highest BCUT2D eigenvalue weighted by molar-refractivity contribution is 7.98. The number of thioether (sulfide) groups is 1. The topological polar surface area (TPSA) is 47.8 Å². The summed E-state index contributed by atoms with van der Waals surface area (Å²) < 4.78 is 1.80. The zero-order valence-electron chi connectivity index (χ0n) is 14.3. The number of fused-ring (bicyclic) bond motifs is 1. The normalized spacial score (nSPS) is 11.3. The van der Waals surface area contributed by atoms with E-state index in [-0.39, 0.29) is 5.56 Å². The van der Waals surface area contributed by atoms with Gasteiger partial charge in [-0.3, -0.25) is 9.36 Å². The van der Waals surface area contributed by atoms with Crippen LogP contribution in [0.3, 0.4) is 0 Å². The van der Waals surface area contributed by atoms with E-state index in [1.165, 1.54) is 0 Å². The summed E-state index contributed by atoms with van der Waals surface area (Å²) in [4.78, 5) is 22.1. The van der Waals surface area contributed by atoms with Crippen molar-refractivity contribution < 1.29 is 0 Å². The Bertz CT molecular complexity index is 936. The number of thiazole rings is 1. The van der Waals surface area contributed by atoms with Crippen LogP contribution in [0.1, 0.15) is 36.9 Å². The number of hydrogen-bond donors (Lipinski definition) is 0. The fourth-order valence-corrected chi connectivity index (χ4v) is 4.42. The molecule has 0 amide bonds. The molecule has 0 bridgehead atoms. The van der Waals surface area contributed by atoms with Gasteiger partial charge in [0.1, 0.15) is 0 Å². The first kappa shape index (κ1) is 18.4. The van der Waals surface area contributed by atoms with Gasteiger partial charge in [-0.05, 0) is 31.5 Å². The van der Waals surface area contributed by atoms with Crippen molar-refractivity contribution in [1.82, 2.24) is 14.5 Å². The molecule has 2 aromatic heterocycles. The molecule has 0 saturated carbocycles. The molecular weight excluding hydrogens is 374 g/mol. The van der Waals surface area contributed by atoms with E-state index in [1.807, 2.05) is 6.92 Å². The molecule has 0 saturated heterocycles. The summed E-state index contributed by atoms with van der Waals surface area (Å²) in [5.41, 5.74) is 1.68. The highest BCUT2D eigenvalue weighted by Crippen LogP contribution is 2.24. The summed E-state index contributed by atoms with van der Waals surface area (Å²) in [5.74, 6) is 0.705. The number of aryl methyl sites for hydroxylation is 1. The fourth-order valence-electron chi connectivity index (χ4n) is 2.61. The van der Waals surface area contributed by atoms with Crippen molar-refractivity contribution >= 4 is 45.6 Å². The average Bonchev–Trinajstić information content (AvgIpc) is 3.00. The minimum absolute atomic E-state index is 0.00901. The first-order valence-electron chi connectivity index (χ1n) is 8.32. The average molecular weight is 394 g/mol. The van der Waals surface area contributed by atoms with Crippen LogP contribution in [0.4, 0.5) is 0 Å². The lowest BCUT2D eigenvalue weighted by atomic mass is 10.2. The van der Waals surface area contributed by atoms with Gasteiger partial charge >= 0.3 is 0 Å². The number of halogens is 1. The molecule has 0 N–H and O–H groups in total. The van der Waals surface area contributed by atoms with Crippen molar-refractivity contribution in [2.45, 2.75) is 50.6 Å². The Balaban J connectivity index is 1.97. The lowest BCUT2D eigenvalue weighted by molar-refractivity contribution is 0.541. The number of unbranched alkanes of at least 4 members (excludes halogenated alkanes) is 2. The fraction of sp³-hybridized carbons (Fsp3) is 0.389. The predicted molar refractivity (Wildman–Crippen MR) is 107 cm³/mol. The lowest BCUT2D eigenvalue weighted by Crippen LogP contribution is -2.23. The maximum absolute atomic E-state index is 12.9. The van der Waals surface area contributed by atoms with E-state index in [0.717, 1.165) is 35.1 Å². The van der Waals surface area contributed by atoms with Gasteiger partial charge in [-0.1, -0.05) is 43.1 Å². The zero-order valence-corrected chi connectivity index (χ0v) is 16.7. The quantitative estimate of drug-likeness (QED) is 0.310. The molecule has 0 aliphatic carbocycles. The Hall–Kier alpha value is -1.37. The highest BCUT2D eigenvalue weighted by atomic mass is 35.5. The first-order chi connectivity index (χ1) is 12.1. The van der Waals surface area contributed by atoms with E-state index in [0.29, 0.717) is 28.2 Å². The Morgan fingerprint density at radius 1 is 1.28 bits per heavy atom. The van der Waals surface area contributed by atoms with Gasteiger partial charge in [0.25, 0.3) is 5.56 Å². The number of hydrogen-bond acceptors (Lipinski definition) is 5. The van der Waals surface area contributed by atoms with Crippen molar-refractivity contribution in [1.29, 1.82) is 0 Å². The van der Waals surface area contributed by atoms with E-state index in [2.05, 4.69) is 17.3 Å². The monoisotopic (exact) mass is 393 g/mol. The third kappa shape index (κ3) is 4.43. The standard InChI is InChI=1S/C18H20ClN3OS2/c1-3-4-5-8-22-17(23)15-7-6-13(19)9-16(15)21-18(22)25-11-14-10-24-12(2)20-14/h6-7,9-10H,3-5,8,11H2,1-2H3. The second kappa shape index (κ2) is 8.34. The van der Waals surface area contributed by atoms with Crippen molar-refractivity contribution in [3.63, 3.8) is 0 Å². The lowest BCUT2D eigenvalue weighted by Gasteiger charge is -2.12. The Labute approximate surface area is 160 Å². The van der Waals surface area contributed by atoms with E-state index < -0.39 is 0 Å². The third-order valence-electron chi connectivity index (χ3n) is 3.88. The number of benzene rings is 1. The van der Waals surface area contributed by atoms with E-state index in [4.69, 9.17) is 16.6 Å². The van der Waals surface area contributed by atoms with Crippen LogP contribution in [0, 0.1) is 6.92 Å². The van der Waals surface area contributed by atoms with E-state index in [1.54, 1.807) is 45.9 Å². The zero-order chi connectivity index (χ0) is 17.8. The minimum Gasteiger partial charge on any atom is -0.287 e. The van der Waals surface area contributed by atoms with Crippen molar-refractivity contribution in [2.75, 3.05) is 0 Å². The van der Waals surface area contributed by atoms with Crippen LogP contribution >= 0.6 is 34.7 Å². The van der Waals surface area contributed by atoms with Crippen molar-refractivity contribution in [3.8, 4) is 0 Å². The van der Waals surface area contributed by atoms with Gasteiger partial charge in [0.15, 0.2) is 5.16 Å². The molecule has 0 aliphatic rings. The summed E-state index contributed by atoms with van der Waals surface area (Å²) in [6.45, 7) is 4.84. The molecule has 3 aromatic rings. The van der Waals surface area contributed by atoms with Crippen LogP contribution in [0.5, 0.6) is 0 Å². The van der Waals surface area contributed by atoms with Crippen LogP contribution in [0.25, 0.3) is 10.9 Å². The maximum Gasteiger partial charge on any atom is 0.262 e. The van der Waals surface area contributed by atoms with Crippen molar-refractivity contribution in [2.24, 2.45) is 0 Å². The molecule has 3 rings (SSSR count). The van der Waals surface area contributed by atoms with Gasteiger partial charge in [-0.25, -0.2) is 9.97 Å². The molecule has 0 radical (unpaired) electrons. The predicted octanol–water partition coefficient (Wildman–Crippen LogP) is 5.30. The molecule has 132 valence electrons. The SMILES string of the molecule is CCCCCn1c(SCc2csc(C)n2)nc2cc(Cl)ccc2c1=O. The van der Waals surface area contributed by atoms with Crippen LogP contribution in [-0.4, -0.2) is 14.5 Å². The Morgan fingerprint density at radius 2 is 2.12 bits per heavy atom. The van der Waals surface area contributed by atoms with Crippen LogP contribution < -0.4 is 5.56 Å². The molecule has 2 heterocycles. The van der Waals surface area contributed by atoms with Crippen LogP contribution in [0.2, 0.25) is 5.02 Å². The molecule has 1 aromatic carbocycles. The van der Waals surface area contributed by atoms with Gasteiger partial charge in [-0.2, -0.15) is 0 Å². The van der Waals surface area contributed by atoms with Crippen molar-refractivity contribution in [3.05, 3.63) is 49.7 Å². The maximum atomic E-state index is 12.9. The molecule has 0 unspecified atom stereocenters. The van der Waals surface area contributed by atoms with Gasteiger partial charge < -0.3 is 0 Å². The number of aromatic nitrogens is 3. The van der Waals surface area contributed by atoms with Gasteiger partial charge in [0.05, 0.1) is 21.6 Å². The number of nitrogens with zero attached hydrogens (tertiary/aromatic N) is 3. The first-order valence-corrected chi connectivity index (χ1v) is 10.6. The van der Waals surface area contributed by atoms with Gasteiger partial charge in [-0.15, -0.1) is 11.3 Å². The summed E-state index contributed by atoms with van der Waals surface area (Å²) >= 11 is 9.27. The summed E-state index contributed by atoms with van der Waals surface area (Å²) in [7, 11) is 0. The second-order valence-corrected chi connectivity index (χ2v) is 8.31. The highest BCUT2D eigenvalue weighted by Gasteiger charge is 2.13.